The third-order valence-corrected chi connectivity index (χ3v) is 4.18. The molecule has 1 aromatic carbocycles. The number of aliphatic carboxylic acids is 1. The fraction of sp³-hybridized carbons (Fsp3) is 0.526. The maximum absolute atomic E-state index is 12.4. The van der Waals surface area contributed by atoms with Gasteiger partial charge in [0.05, 0.1) is 5.41 Å². The summed E-state index contributed by atoms with van der Waals surface area (Å²) in [6.07, 6.45) is 0.310. The summed E-state index contributed by atoms with van der Waals surface area (Å²) >= 11 is 0. The molecule has 0 aliphatic rings. The molecule has 2 amide bonds. The molecule has 0 heterocycles. The predicted molar refractivity (Wildman–Crippen MR) is 96.3 cm³/mol. The molecule has 6 heteroatoms. The van der Waals surface area contributed by atoms with Crippen molar-refractivity contribution in [1.29, 1.82) is 0 Å². The summed E-state index contributed by atoms with van der Waals surface area (Å²) in [5, 5.41) is 14.6. The van der Waals surface area contributed by atoms with Crippen molar-refractivity contribution in [3.05, 3.63) is 35.4 Å². The molecule has 0 radical (unpaired) electrons. The number of hydrogen-bond donors (Lipinski definition) is 3. The lowest BCUT2D eigenvalue weighted by atomic mass is 9.89. The number of aryl methyl sites for hydroxylation is 1. The van der Waals surface area contributed by atoms with Gasteiger partial charge in [0, 0.05) is 12.1 Å². The number of carbonyl (C=O) groups is 3. The van der Waals surface area contributed by atoms with Crippen LogP contribution in [0.15, 0.2) is 24.3 Å². The fourth-order valence-corrected chi connectivity index (χ4v) is 2.18. The van der Waals surface area contributed by atoms with Crippen LogP contribution in [-0.2, 0) is 9.59 Å². The minimum atomic E-state index is -0.911. The van der Waals surface area contributed by atoms with E-state index in [1.54, 1.807) is 26.0 Å². The second kappa shape index (κ2) is 8.65. The minimum Gasteiger partial charge on any atom is -0.481 e. The van der Waals surface area contributed by atoms with Crippen molar-refractivity contribution in [2.75, 3.05) is 6.54 Å². The van der Waals surface area contributed by atoms with Crippen molar-refractivity contribution in [2.45, 2.75) is 47.1 Å². The largest absolute Gasteiger partial charge is 0.481 e. The standard InChI is InChI=1S/C19H28N2O4/c1-12(2)15(17(23)20-11-10-19(4,5)18(24)25)21-16(22)14-8-6-13(3)7-9-14/h6-9,12,15H,10-11H2,1-5H3,(H,20,23)(H,21,22)(H,24,25). The Morgan fingerprint density at radius 1 is 1.12 bits per heavy atom. The molecule has 1 atom stereocenters. The number of carbonyl (C=O) groups excluding carboxylic acids is 2. The number of benzene rings is 1. The van der Waals surface area contributed by atoms with Gasteiger partial charge in [0.25, 0.3) is 5.91 Å². The average molecular weight is 348 g/mol. The van der Waals surface area contributed by atoms with Crippen LogP contribution in [0.1, 0.15) is 50.0 Å². The lowest BCUT2D eigenvalue weighted by Gasteiger charge is -2.23. The monoisotopic (exact) mass is 348 g/mol. The van der Waals surface area contributed by atoms with Gasteiger partial charge in [-0.2, -0.15) is 0 Å². The van der Waals surface area contributed by atoms with E-state index in [-0.39, 0.29) is 24.3 Å². The summed E-state index contributed by atoms with van der Waals surface area (Å²) in [5.74, 6) is -1.62. The average Bonchev–Trinajstić information content (AvgIpc) is 2.52. The summed E-state index contributed by atoms with van der Waals surface area (Å²) in [7, 11) is 0. The maximum atomic E-state index is 12.4. The van der Waals surface area contributed by atoms with E-state index in [1.165, 1.54) is 0 Å². The first-order valence-corrected chi connectivity index (χ1v) is 8.43. The third kappa shape index (κ3) is 6.21. The summed E-state index contributed by atoms with van der Waals surface area (Å²) < 4.78 is 0. The Labute approximate surface area is 149 Å². The van der Waals surface area contributed by atoms with Gasteiger partial charge in [-0.05, 0) is 45.2 Å². The molecule has 0 spiro atoms. The van der Waals surface area contributed by atoms with Gasteiger partial charge in [0.2, 0.25) is 5.91 Å². The Kier molecular flexibility index (Phi) is 7.15. The van der Waals surface area contributed by atoms with E-state index in [0.29, 0.717) is 12.0 Å². The molecule has 0 aliphatic heterocycles. The molecular weight excluding hydrogens is 320 g/mol. The summed E-state index contributed by atoms with van der Waals surface area (Å²) in [6.45, 7) is 9.09. The molecular formula is C19H28N2O4. The van der Waals surface area contributed by atoms with Crippen LogP contribution < -0.4 is 10.6 Å². The molecule has 0 saturated carbocycles. The molecule has 1 unspecified atom stereocenters. The van der Waals surface area contributed by atoms with Gasteiger partial charge < -0.3 is 15.7 Å². The topological polar surface area (TPSA) is 95.5 Å². The lowest BCUT2D eigenvalue weighted by Crippen LogP contribution is -2.50. The van der Waals surface area contributed by atoms with E-state index in [2.05, 4.69) is 10.6 Å². The first kappa shape index (κ1) is 20.7. The van der Waals surface area contributed by atoms with Gasteiger partial charge in [-0.15, -0.1) is 0 Å². The van der Waals surface area contributed by atoms with Crippen LogP contribution in [0.4, 0.5) is 0 Å². The lowest BCUT2D eigenvalue weighted by molar-refractivity contribution is -0.147. The maximum Gasteiger partial charge on any atom is 0.309 e. The van der Waals surface area contributed by atoms with Gasteiger partial charge >= 0.3 is 5.97 Å². The molecule has 25 heavy (non-hydrogen) atoms. The van der Waals surface area contributed by atoms with Crippen molar-refractivity contribution in [3.63, 3.8) is 0 Å². The highest BCUT2D eigenvalue weighted by Crippen LogP contribution is 2.19. The number of rotatable bonds is 8. The molecule has 3 N–H and O–H groups in total. The van der Waals surface area contributed by atoms with Crippen LogP contribution in [0, 0.1) is 18.3 Å². The summed E-state index contributed by atoms with van der Waals surface area (Å²) in [6, 6.07) is 6.44. The van der Waals surface area contributed by atoms with Crippen LogP contribution >= 0.6 is 0 Å². The van der Waals surface area contributed by atoms with Crippen molar-refractivity contribution >= 4 is 17.8 Å². The summed E-state index contributed by atoms with van der Waals surface area (Å²) in [4.78, 5) is 35.8. The Morgan fingerprint density at radius 2 is 1.68 bits per heavy atom. The molecule has 0 bridgehead atoms. The van der Waals surface area contributed by atoms with Crippen molar-refractivity contribution < 1.29 is 19.5 Å². The normalized spacial score (nSPS) is 12.6. The van der Waals surface area contributed by atoms with Crippen molar-refractivity contribution in [2.24, 2.45) is 11.3 Å². The fourth-order valence-electron chi connectivity index (χ4n) is 2.18. The highest BCUT2D eigenvalue weighted by atomic mass is 16.4. The van der Waals surface area contributed by atoms with E-state index in [4.69, 9.17) is 5.11 Å². The van der Waals surface area contributed by atoms with E-state index in [0.717, 1.165) is 5.56 Å². The highest BCUT2D eigenvalue weighted by molar-refractivity contribution is 5.97. The Balaban J connectivity index is 2.66. The molecule has 0 saturated heterocycles. The van der Waals surface area contributed by atoms with E-state index >= 15 is 0 Å². The number of carboxylic acid groups (broad SMARTS) is 1. The SMILES string of the molecule is Cc1ccc(C(=O)NC(C(=O)NCCC(C)(C)C(=O)O)C(C)C)cc1. The zero-order chi connectivity index (χ0) is 19.2. The first-order chi connectivity index (χ1) is 11.5. The van der Waals surface area contributed by atoms with E-state index < -0.39 is 17.4 Å². The van der Waals surface area contributed by atoms with Gasteiger partial charge in [0.15, 0.2) is 0 Å². The molecule has 0 aromatic heterocycles. The predicted octanol–water partition coefficient (Wildman–Crippen LogP) is 2.37. The zero-order valence-electron chi connectivity index (χ0n) is 15.6. The second-order valence-corrected chi connectivity index (χ2v) is 7.29. The number of carboxylic acids is 1. The molecule has 1 aromatic rings. The van der Waals surface area contributed by atoms with Gasteiger partial charge in [-0.1, -0.05) is 31.5 Å². The number of amides is 2. The van der Waals surface area contributed by atoms with Crippen molar-refractivity contribution in [3.8, 4) is 0 Å². The Morgan fingerprint density at radius 3 is 2.16 bits per heavy atom. The summed E-state index contributed by atoms with van der Waals surface area (Å²) in [5.41, 5.74) is 0.637. The van der Waals surface area contributed by atoms with Crippen LogP contribution in [0.3, 0.4) is 0 Å². The van der Waals surface area contributed by atoms with E-state index in [1.807, 2.05) is 32.9 Å². The Bertz CT molecular complexity index is 621. The van der Waals surface area contributed by atoms with Crippen LogP contribution in [-0.4, -0.2) is 35.5 Å². The minimum absolute atomic E-state index is 0.0955. The molecule has 0 aliphatic carbocycles. The Hall–Kier alpha value is -2.37. The highest BCUT2D eigenvalue weighted by Gasteiger charge is 2.28. The molecule has 0 fully saturated rings. The van der Waals surface area contributed by atoms with Gasteiger partial charge in [0.1, 0.15) is 6.04 Å². The number of hydrogen-bond acceptors (Lipinski definition) is 3. The zero-order valence-corrected chi connectivity index (χ0v) is 15.6. The molecule has 138 valence electrons. The van der Waals surface area contributed by atoms with Crippen LogP contribution in [0.25, 0.3) is 0 Å². The van der Waals surface area contributed by atoms with E-state index in [9.17, 15) is 14.4 Å². The van der Waals surface area contributed by atoms with Crippen LogP contribution in [0.2, 0.25) is 0 Å². The van der Waals surface area contributed by atoms with Gasteiger partial charge in [-0.3, -0.25) is 14.4 Å². The first-order valence-electron chi connectivity index (χ1n) is 8.43. The number of nitrogens with one attached hydrogen (secondary N) is 2. The third-order valence-electron chi connectivity index (χ3n) is 4.18. The molecule has 1 rings (SSSR count). The van der Waals surface area contributed by atoms with Crippen LogP contribution in [0.5, 0.6) is 0 Å². The smallest absolute Gasteiger partial charge is 0.309 e. The van der Waals surface area contributed by atoms with Crippen molar-refractivity contribution in [1.82, 2.24) is 10.6 Å². The molecule has 6 nitrogen and oxygen atoms in total. The quantitative estimate of drug-likeness (QED) is 0.672. The van der Waals surface area contributed by atoms with Gasteiger partial charge in [-0.25, -0.2) is 0 Å². The second-order valence-electron chi connectivity index (χ2n) is 7.29.